The summed E-state index contributed by atoms with van der Waals surface area (Å²) in [7, 11) is 0. The fourth-order valence-electron chi connectivity index (χ4n) is 4.55. The quantitative estimate of drug-likeness (QED) is 0.413. The third-order valence-electron chi connectivity index (χ3n) is 6.43. The minimum atomic E-state index is -0.719. The molecule has 1 fully saturated rings. The molecule has 0 bridgehead atoms. The maximum absolute atomic E-state index is 10.9. The largest absolute Gasteiger partial charge is 0.481 e. The first kappa shape index (κ1) is 22.0. The molecule has 2 N–H and O–H groups in total. The van der Waals surface area contributed by atoms with E-state index in [-0.39, 0.29) is 18.4 Å². The Bertz CT molecular complexity index is 1320. The monoisotopic (exact) mass is 457 g/mol. The van der Waals surface area contributed by atoms with Crippen LogP contribution in [0.3, 0.4) is 0 Å². The molecule has 4 heterocycles. The summed E-state index contributed by atoms with van der Waals surface area (Å²) < 4.78 is 6.04. The van der Waals surface area contributed by atoms with Crippen LogP contribution in [0.15, 0.2) is 42.7 Å². The number of nitrogens with one attached hydrogen (secondary N) is 1. The Balaban J connectivity index is 1.26. The molecule has 0 spiro atoms. The fourth-order valence-corrected chi connectivity index (χ4v) is 4.55. The van der Waals surface area contributed by atoms with E-state index in [1.54, 1.807) is 6.20 Å². The number of aliphatic carboxylic acids is 1. The van der Waals surface area contributed by atoms with Gasteiger partial charge >= 0.3 is 5.97 Å². The molecule has 8 nitrogen and oxygen atoms in total. The standard InChI is InChI=1S/C26H27N5O3/c1-15-11-22(27-14-20(15)25-30-21-9-3-16(2)29-26(21)31-25)18-6-10-23(28-13-18)34-19-7-4-17(5-8-19)12-24(32)33/h3,6,9-11,13-14,17,19H,4-5,7-8,12H2,1-2H3,(H,32,33)(H,29,30,31). The molecule has 0 amide bonds. The molecule has 0 atom stereocenters. The first-order valence-electron chi connectivity index (χ1n) is 11.6. The third-order valence-corrected chi connectivity index (χ3v) is 6.43. The van der Waals surface area contributed by atoms with E-state index >= 15 is 0 Å². The van der Waals surface area contributed by atoms with Gasteiger partial charge in [-0.3, -0.25) is 9.78 Å². The highest BCUT2D eigenvalue weighted by atomic mass is 16.5. The molecule has 1 saturated carbocycles. The van der Waals surface area contributed by atoms with Crippen molar-refractivity contribution >= 4 is 17.1 Å². The van der Waals surface area contributed by atoms with Crippen LogP contribution in [0, 0.1) is 19.8 Å². The molecule has 34 heavy (non-hydrogen) atoms. The maximum Gasteiger partial charge on any atom is 0.303 e. The van der Waals surface area contributed by atoms with Gasteiger partial charge in [0.25, 0.3) is 0 Å². The second-order valence-corrected chi connectivity index (χ2v) is 9.04. The lowest BCUT2D eigenvalue weighted by atomic mass is 9.85. The van der Waals surface area contributed by atoms with Crippen LogP contribution in [0.4, 0.5) is 0 Å². The summed E-state index contributed by atoms with van der Waals surface area (Å²) in [6, 6.07) is 9.82. The van der Waals surface area contributed by atoms with E-state index in [1.807, 2.05) is 50.4 Å². The molecule has 8 heteroatoms. The summed E-state index contributed by atoms with van der Waals surface area (Å²) in [6.07, 6.45) is 7.43. The molecular weight excluding hydrogens is 430 g/mol. The van der Waals surface area contributed by atoms with Crippen molar-refractivity contribution in [2.45, 2.75) is 52.1 Å². The van der Waals surface area contributed by atoms with E-state index < -0.39 is 5.97 Å². The Kier molecular flexibility index (Phi) is 5.96. The molecule has 4 aromatic rings. The minimum Gasteiger partial charge on any atom is -0.481 e. The number of aromatic nitrogens is 5. The van der Waals surface area contributed by atoms with Crippen molar-refractivity contribution in [1.29, 1.82) is 0 Å². The fraction of sp³-hybridized carbons (Fsp3) is 0.346. The number of ether oxygens (including phenoxy) is 1. The number of carbonyl (C=O) groups is 1. The number of aromatic amines is 1. The van der Waals surface area contributed by atoms with E-state index in [9.17, 15) is 4.79 Å². The predicted octanol–water partition coefficient (Wildman–Crippen LogP) is 5.11. The van der Waals surface area contributed by atoms with Crippen molar-refractivity contribution < 1.29 is 14.6 Å². The average molecular weight is 458 g/mol. The molecule has 0 aromatic carbocycles. The summed E-state index contributed by atoms with van der Waals surface area (Å²) in [5.74, 6) is 0.876. The number of fused-ring (bicyclic) bond motifs is 1. The van der Waals surface area contributed by atoms with Crippen LogP contribution in [0.25, 0.3) is 33.8 Å². The second kappa shape index (κ2) is 9.21. The number of pyridine rings is 3. The summed E-state index contributed by atoms with van der Waals surface area (Å²) in [5.41, 5.74) is 6.27. The van der Waals surface area contributed by atoms with Crippen molar-refractivity contribution in [2.24, 2.45) is 5.92 Å². The molecular formula is C26H27N5O3. The van der Waals surface area contributed by atoms with Crippen LogP contribution in [0.5, 0.6) is 5.88 Å². The van der Waals surface area contributed by atoms with Crippen LogP contribution in [0.2, 0.25) is 0 Å². The van der Waals surface area contributed by atoms with E-state index in [1.165, 1.54) is 0 Å². The van der Waals surface area contributed by atoms with Crippen molar-refractivity contribution in [3.8, 4) is 28.5 Å². The van der Waals surface area contributed by atoms with E-state index in [2.05, 4.69) is 24.9 Å². The number of aryl methyl sites for hydroxylation is 2. The number of H-pyrrole nitrogens is 1. The smallest absolute Gasteiger partial charge is 0.303 e. The van der Waals surface area contributed by atoms with Gasteiger partial charge in [-0.15, -0.1) is 0 Å². The van der Waals surface area contributed by atoms with E-state index in [0.29, 0.717) is 11.5 Å². The van der Waals surface area contributed by atoms with Crippen LogP contribution in [-0.4, -0.2) is 42.1 Å². The number of hydrogen-bond donors (Lipinski definition) is 2. The van der Waals surface area contributed by atoms with Gasteiger partial charge in [0.2, 0.25) is 5.88 Å². The van der Waals surface area contributed by atoms with Gasteiger partial charge in [0.05, 0.1) is 11.2 Å². The van der Waals surface area contributed by atoms with Gasteiger partial charge in [-0.2, -0.15) is 0 Å². The number of carboxylic acids is 1. The SMILES string of the molecule is Cc1ccc2[nH]c(-c3cnc(-c4ccc(OC5CCC(CC(=O)O)CC5)nc4)cc3C)nc2n1. The molecule has 174 valence electrons. The van der Waals surface area contributed by atoms with Crippen molar-refractivity contribution in [3.05, 3.63) is 54.0 Å². The molecule has 5 rings (SSSR count). The van der Waals surface area contributed by atoms with E-state index in [4.69, 9.17) is 9.84 Å². The lowest BCUT2D eigenvalue weighted by Crippen LogP contribution is -2.25. The third kappa shape index (κ3) is 4.76. The van der Waals surface area contributed by atoms with Crippen LogP contribution in [0.1, 0.15) is 43.4 Å². The molecule has 1 aliphatic rings. The second-order valence-electron chi connectivity index (χ2n) is 9.04. The van der Waals surface area contributed by atoms with E-state index in [0.717, 1.165) is 65.1 Å². The Morgan fingerprint density at radius 1 is 1.06 bits per heavy atom. The summed E-state index contributed by atoms with van der Waals surface area (Å²) >= 11 is 0. The molecule has 1 aliphatic carbocycles. The Labute approximate surface area is 197 Å². The van der Waals surface area contributed by atoms with Gasteiger partial charge in [-0.05, 0) is 75.3 Å². The zero-order valence-electron chi connectivity index (χ0n) is 19.3. The first-order chi connectivity index (χ1) is 16.4. The average Bonchev–Trinajstić information content (AvgIpc) is 3.23. The maximum atomic E-state index is 10.9. The topological polar surface area (TPSA) is 114 Å². The molecule has 4 aromatic heterocycles. The van der Waals surface area contributed by atoms with Crippen molar-refractivity contribution in [2.75, 3.05) is 0 Å². The van der Waals surface area contributed by atoms with Crippen LogP contribution >= 0.6 is 0 Å². The number of imidazole rings is 1. The predicted molar refractivity (Wildman–Crippen MR) is 128 cm³/mol. The lowest BCUT2D eigenvalue weighted by molar-refractivity contribution is -0.138. The number of rotatable bonds is 6. The van der Waals surface area contributed by atoms with Crippen molar-refractivity contribution in [3.63, 3.8) is 0 Å². The van der Waals surface area contributed by atoms with Crippen LogP contribution < -0.4 is 4.74 Å². The molecule has 0 unspecified atom stereocenters. The number of nitrogens with zero attached hydrogens (tertiary/aromatic N) is 4. The van der Waals surface area contributed by atoms with Crippen molar-refractivity contribution in [1.82, 2.24) is 24.9 Å². The Morgan fingerprint density at radius 2 is 1.88 bits per heavy atom. The normalized spacial score (nSPS) is 18.2. The van der Waals surface area contributed by atoms with Gasteiger partial charge in [0.15, 0.2) is 5.65 Å². The highest BCUT2D eigenvalue weighted by Gasteiger charge is 2.24. The summed E-state index contributed by atoms with van der Waals surface area (Å²) in [6.45, 7) is 3.99. The highest BCUT2D eigenvalue weighted by molar-refractivity contribution is 5.77. The first-order valence-corrected chi connectivity index (χ1v) is 11.6. The highest BCUT2D eigenvalue weighted by Crippen LogP contribution is 2.30. The van der Waals surface area contributed by atoms with Gasteiger partial charge in [0.1, 0.15) is 11.9 Å². The molecule has 0 radical (unpaired) electrons. The zero-order chi connectivity index (χ0) is 23.7. The van der Waals surface area contributed by atoms with Gasteiger partial charge in [-0.25, -0.2) is 15.0 Å². The number of carboxylic acid groups (broad SMARTS) is 1. The van der Waals surface area contributed by atoms with Gasteiger partial charge < -0.3 is 14.8 Å². The number of hydrogen-bond acceptors (Lipinski definition) is 6. The van der Waals surface area contributed by atoms with Crippen LogP contribution in [-0.2, 0) is 4.79 Å². The Morgan fingerprint density at radius 3 is 2.59 bits per heavy atom. The molecule has 0 saturated heterocycles. The molecule has 0 aliphatic heterocycles. The Hall–Kier alpha value is -3.81. The van der Waals surface area contributed by atoms with Gasteiger partial charge in [-0.1, -0.05) is 0 Å². The summed E-state index contributed by atoms with van der Waals surface area (Å²) in [4.78, 5) is 32.4. The zero-order valence-corrected chi connectivity index (χ0v) is 19.3. The van der Waals surface area contributed by atoms with Gasteiger partial charge in [0, 0.05) is 41.7 Å². The minimum absolute atomic E-state index is 0.0881. The lowest BCUT2D eigenvalue weighted by Gasteiger charge is -2.27. The summed E-state index contributed by atoms with van der Waals surface area (Å²) in [5, 5.41) is 8.96.